The molecule has 0 bridgehead atoms. The van der Waals surface area contributed by atoms with Gasteiger partial charge in [0.15, 0.2) is 5.82 Å². The van der Waals surface area contributed by atoms with Crippen molar-refractivity contribution in [2.45, 2.75) is 25.4 Å². The Kier molecular flexibility index (Phi) is 2.84. The molecule has 1 aliphatic rings. The van der Waals surface area contributed by atoms with E-state index >= 15 is 0 Å². The molecule has 1 saturated carbocycles. The summed E-state index contributed by atoms with van der Waals surface area (Å²) in [4.78, 5) is 8.88. The van der Waals surface area contributed by atoms with Crippen LogP contribution in [-0.2, 0) is 6.54 Å². The summed E-state index contributed by atoms with van der Waals surface area (Å²) < 4.78 is 0. The lowest BCUT2D eigenvalue weighted by molar-refractivity contribution is 0.673. The topological polar surface area (TPSA) is 37.8 Å². The third kappa shape index (κ3) is 2.68. The van der Waals surface area contributed by atoms with Gasteiger partial charge in [0.05, 0.1) is 5.69 Å². The van der Waals surface area contributed by atoms with Crippen LogP contribution in [-0.4, -0.2) is 16.0 Å². The molecule has 17 heavy (non-hydrogen) atoms. The van der Waals surface area contributed by atoms with Crippen molar-refractivity contribution in [3.63, 3.8) is 0 Å². The van der Waals surface area contributed by atoms with Crippen LogP contribution in [0.1, 0.15) is 18.5 Å². The van der Waals surface area contributed by atoms with E-state index in [-0.39, 0.29) is 0 Å². The smallest absolute Gasteiger partial charge is 0.159 e. The highest BCUT2D eigenvalue weighted by Gasteiger charge is 2.20. The van der Waals surface area contributed by atoms with Gasteiger partial charge in [-0.2, -0.15) is 0 Å². The first kappa shape index (κ1) is 10.4. The van der Waals surface area contributed by atoms with Gasteiger partial charge in [0, 0.05) is 24.3 Å². The molecular formula is C14H15N3. The molecular weight excluding hydrogens is 210 g/mol. The molecule has 1 aliphatic carbocycles. The third-order valence-corrected chi connectivity index (χ3v) is 2.89. The normalized spacial score (nSPS) is 14.8. The van der Waals surface area contributed by atoms with Gasteiger partial charge >= 0.3 is 0 Å². The van der Waals surface area contributed by atoms with Crippen molar-refractivity contribution in [2.24, 2.45) is 0 Å². The summed E-state index contributed by atoms with van der Waals surface area (Å²) in [5.41, 5.74) is 2.13. The highest BCUT2D eigenvalue weighted by molar-refractivity contribution is 5.54. The highest BCUT2D eigenvalue weighted by atomic mass is 15.0. The molecule has 0 radical (unpaired) electrons. The second-order valence-corrected chi connectivity index (χ2v) is 4.39. The van der Waals surface area contributed by atoms with Gasteiger partial charge in [0.1, 0.15) is 0 Å². The summed E-state index contributed by atoms with van der Waals surface area (Å²) >= 11 is 0. The zero-order valence-electron chi connectivity index (χ0n) is 9.63. The molecule has 0 spiro atoms. The quantitative estimate of drug-likeness (QED) is 0.868. The Labute approximate surface area is 101 Å². The van der Waals surface area contributed by atoms with E-state index in [0.717, 1.165) is 23.6 Å². The molecule has 3 nitrogen and oxygen atoms in total. The third-order valence-electron chi connectivity index (χ3n) is 2.89. The average Bonchev–Trinajstić information content (AvgIpc) is 3.22. The molecule has 2 aromatic rings. The second-order valence-electron chi connectivity index (χ2n) is 4.39. The lowest BCUT2D eigenvalue weighted by Gasteiger charge is -2.04. The number of nitrogens with zero attached hydrogens (tertiary/aromatic N) is 2. The maximum absolute atomic E-state index is 4.57. The van der Waals surface area contributed by atoms with Crippen molar-refractivity contribution in [3.8, 4) is 11.4 Å². The Morgan fingerprint density at radius 3 is 2.71 bits per heavy atom. The molecule has 1 aromatic carbocycles. The zero-order chi connectivity index (χ0) is 11.5. The number of aromatic nitrogens is 2. The van der Waals surface area contributed by atoms with Crippen LogP contribution in [0.15, 0.2) is 42.6 Å². The molecule has 0 atom stereocenters. The molecule has 0 saturated heterocycles. The summed E-state index contributed by atoms with van der Waals surface area (Å²) in [5.74, 6) is 0.806. The van der Waals surface area contributed by atoms with E-state index in [1.165, 1.54) is 12.8 Å². The van der Waals surface area contributed by atoms with E-state index in [4.69, 9.17) is 0 Å². The van der Waals surface area contributed by atoms with Crippen LogP contribution in [0.5, 0.6) is 0 Å². The Balaban J connectivity index is 1.78. The molecule has 0 aliphatic heterocycles. The fraction of sp³-hybridized carbons (Fsp3) is 0.286. The Morgan fingerprint density at radius 2 is 1.94 bits per heavy atom. The standard InChI is InChI=1S/C14H15N3/c1-2-4-11(5-3-1)14-15-9-8-13(17-14)10-16-12-6-7-12/h1-5,8-9,12,16H,6-7,10H2. The molecule has 3 heteroatoms. The predicted molar refractivity (Wildman–Crippen MR) is 67.3 cm³/mol. The van der Waals surface area contributed by atoms with E-state index in [1.807, 2.05) is 42.6 Å². The van der Waals surface area contributed by atoms with Crippen LogP contribution in [0.4, 0.5) is 0 Å². The van der Waals surface area contributed by atoms with E-state index in [9.17, 15) is 0 Å². The Morgan fingerprint density at radius 1 is 1.12 bits per heavy atom. The molecule has 1 aromatic heterocycles. The first-order valence-electron chi connectivity index (χ1n) is 6.02. The summed E-state index contributed by atoms with van der Waals surface area (Å²) in [5, 5.41) is 3.46. The predicted octanol–water partition coefficient (Wildman–Crippen LogP) is 2.40. The van der Waals surface area contributed by atoms with Crippen molar-refractivity contribution in [1.82, 2.24) is 15.3 Å². The maximum Gasteiger partial charge on any atom is 0.159 e. The molecule has 0 unspecified atom stereocenters. The van der Waals surface area contributed by atoms with Gasteiger partial charge in [0.2, 0.25) is 0 Å². The number of nitrogens with one attached hydrogen (secondary N) is 1. The van der Waals surface area contributed by atoms with Crippen molar-refractivity contribution < 1.29 is 0 Å². The average molecular weight is 225 g/mol. The fourth-order valence-corrected chi connectivity index (χ4v) is 1.76. The molecule has 1 heterocycles. The summed E-state index contributed by atoms with van der Waals surface area (Å²) in [7, 11) is 0. The Bertz CT molecular complexity index is 492. The number of hydrogen-bond acceptors (Lipinski definition) is 3. The van der Waals surface area contributed by atoms with Crippen molar-refractivity contribution in [3.05, 3.63) is 48.3 Å². The highest BCUT2D eigenvalue weighted by Crippen LogP contribution is 2.19. The van der Waals surface area contributed by atoms with Gasteiger partial charge in [-0.25, -0.2) is 9.97 Å². The lowest BCUT2D eigenvalue weighted by Crippen LogP contribution is -2.16. The number of benzene rings is 1. The molecule has 1 fully saturated rings. The van der Waals surface area contributed by atoms with Gasteiger partial charge in [-0.05, 0) is 18.9 Å². The van der Waals surface area contributed by atoms with Crippen LogP contribution in [0.3, 0.4) is 0 Å². The minimum Gasteiger partial charge on any atom is -0.308 e. The fourth-order valence-electron chi connectivity index (χ4n) is 1.76. The summed E-state index contributed by atoms with van der Waals surface area (Å²) in [6.07, 6.45) is 4.44. The van der Waals surface area contributed by atoms with E-state index < -0.39 is 0 Å². The molecule has 86 valence electrons. The zero-order valence-corrected chi connectivity index (χ0v) is 9.63. The Hall–Kier alpha value is -1.74. The monoisotopic (exact) mass is 225 g/mol. The lowest BCUT2D eigenvalue weighted by atomic mass is 10.2. The summed E-state index contributed by atoms with van der Waals surface area (Å²) in [6.45, 7) is 0.840. The molecule has 0 amide bonds. The SMILES string of the molecule is c1ccc(-c2nccc(CNC3CC3)n2)cc1. The first-order valence-corrected chi connectivity index (χ1v) is 6.02. The molecule has 3 rings (SSSR count). The van der Waals surface area contributed by atoms with Crippen LogP contribution in [0.2, 0.25) is 0 Å². The van der Waals surface area contributed by atoms with Crippen LogP contribution < -0.4 is 5.32 Å². The van der Waals surface area contributed by atoms with Crippen LogP contribution in [0, 0.1) is 0 Å². The van der Waals surface area contributed by atoms with Gasteiger partial charge in [-0.15, -0.1) is 0 Å². The summed E-state index contributed by atoms with van der Waals surface area (Å²) in [6, 6.07) is 12.8. The van der Waals surface area contributed by atoms with E-state index in [1.54, 1.807) is 0 Å². The van der Waals surface area contributed by atoms with Gasteiger partial charge in [-0.1, -0.05) is 30.3 Å². The van der Waals surface area contributed by atoms with E-state index in [0.29, 0.717) is 6.04 Å². The van der Waals surface area contributed by atoms with Crippen LogP contribution >= 0.6 is 0 Å². The van der Waals surface area contributed by atoms with Gasteiger partial charge in [-0.3, -0.25) is 0 Å². The first-order chi connectivity index (χ1) is 8.42. The largest absolute Gasteiger partial charge is 0.308 e. The second kappa shape index (κ2) is 4.63. The minimum absolute atomic E-state index is 0.713. The minimum atomic E-state index is 0.713. The number of rotatable bonds is 4. The van der Waals surface area contributed by atoms with Crippen molar-refractivity contribution >= 4 is 0 Å². The van der Waals surface area contributed by atoms with E-state index in [2.05, 4.69) is 15.3 Å². The van der Waals surface area contributed by atoms with Crippen molar-refractivity contribution in [1.29, 1.82) is 0 Å². The van der Waals surface area contributed by atoms with Gasteiger partial charge in [0.25, 0.3) is 0 Å². The van der Waals surface area contributed by atoms with Crippen molar-refractivity contribution in [2.75, 3.05) is 0 Å². The van der Waals surface area contributed by atoms with Gasteiger partial charge < -0.3 is 5.32 Å². The maximum atomic E-state index is 4.57. The van der Waals surface area contributed by atoms with Crippen LogP contribution in [0.25, 0.3) is 11.4 Å². The molecule has 1 N–H and O–H groups in total. The number of hydrogen-bond donors (Lipinski definition) is 1.